The molecule has 6 nitrogen and oxygen atoms in total. The summed E-state index contributed by atoms with van der Waals surface area (Å²) in [5.74, 6) is -0.330. The van der Waals surface area contributed by atoms with E-state index >= 15 is 0 Å². The van der Waals surface area contributed by atoms with E-state index < -0.39 is 10.0 Å². The minimum Gasteiger partial charge on any atom is -0.426 e. The fraction of sp³-hybridized carbons (Fsp3) is 0.333. The SMILES string of the molecule is Cc1ccc(S(=O)(=O)N2CCC(C(=O)Oc3ccc(C#N)cc3)CC2)c(C)c1. The van der Waals surface area contributed by atoms with Crippen molar-refractivity contribution in [1.82, 2.24) is 4.31 Å². The summed E-state index contributed by atoms with van der Waals surface area (Å²) in [6.45, 7) is 4.28. The Morgan fingerprint density at radius 3 is 2.32 bits per heavy atom. The molecule has 0 aromatic heterocycles. The molecular weight excluding hydrogens is 376 g/mol. The Labute approximate surface area is 165 Å². The Hall–Kier alpha value is -2.69. The van der Waals surface area contributed by atoms with Crippen LogP contribution in [0.5, 0.6) is 5.75 Å². The topological polar surface area (TPSA) is 87.5 Å². The van der Waals surface area contributed by atoms with Crippen LogP contribution in [0.3, 0.4) is 0 Å². The lowest BCUT2D eigenvalue weighted by atomic mass is 9.98. The van der Waals surface area contributed by atoms with Crippen LogP contribution in [-0.2, 0) is 14.8 Å². The Bertz CT molecular complexity index is 1020. The van der Waals surface area contributed by atoms with Crippen LogP contribution in [-0.4, -0.2) is 31.8 Å². The number of esters is 1. The van der Waals surface area contributed by atoms with Gasteiger partial charge in [0.2, 0.25) is 10.0 Å². The summed E-state index contributed by atoms with van der Waals surface area (Å²) < 4.78 is 32.7. The zero-order chi connectivity index (χ0) is 20.3. The Kier molecular flexibility index (Phi) is 5.82. The third-order valence-corrected chi connectivity index (χ3v) is 7.00. The molecular formula is C21H22N2O4S. The smallest absolute Gasteiger partial charge is 0.314 e. The fourth-order valence-electron chi connectivity index (χ4n) is 3.36. The molecule has 1 fully saturated rings. The van der Waals surface area contributed by atoms with E-state index in [1.54, 1.807) is 43.3 Å². The lowest BCUT2D eigenvalue weighted by Gasteiger charge is -2.30. The van der Waals surface area contributed by atoms with Crippen molar-refractivity contribution in [2.24, 2.45) is 5.92 Å². The summed E-state index contributed by atoms with van der Waals surface area (Å²) in [6.07, 6.45) is 0.832. The van der Waals surface area contributed by atoms with Crippen molar-refractivity contribution in [2.75, 3.05) is 13.1 Å². The van der Waals surface area contributed by atoms with E-state index in [1.165, 1.54) is 4.31 Å². The molecule has 0 aliphatic carbocycles. The summed E-state index contributed by atoms with van der Waals surface area (Å²) in [7, 11) is -3.57. The third kappa shape index (κ3) is 4.24. The first-order valence-electron chi connectivity index (χ1n) is 9.10. The average molecular weight is 398 g/mol. The standard InChI is InChI=1S/C21H22N2O4S/c1-15-3-8-20(16(2)13-15)28(25,26)23-11-9-18(10-12-23)21(24)27-19-6-4-17(14-22)5-7-19/h3-8,13,18H,9-12H2,1-2H3. The van der Waals surface area contributed by atoms with Crippen molar-refractivity contribution in [2.45, 2.75) is 31.6 Å². The largest absolute Gasteiger partial charge is 0.426 e. The second-order valence-electron chi connectivity index (χ2n) is 7.00. The monoisotopic (exact) mass is 398 g/mol. The number of aryl methyl sites for hydroxylation is 2. The van der Waals surface area contributed by atoms with Gasteiger partial charge in [-0.1, -0.05) is 17.7 Å². The number of piperidine rings is 1. The molecule has 3 rings (SSSR count). The van der Waals surface area contributed by atoms with Crippen LogP contribution in [0, 0.1) is 31.1 Å². The molecule has 2 aromatic carbocycles. The molecule has 0 radical (unpaired) electrons. The first-order chi connectivity index (χ1) is 13.3. The number of sulfonamides is 1. The van der Waals surface area contributed by atoms with Crippen molar-refractivity contribution in [1.29, 1.82) is 5.26 Å². The van der Waals surface area contributed by atoms with Gasteiger partial charge in [-0.05, 0) is 62.6 Å². The van der Waals surface area contributed by atoms with Gasteiger partial charge in [-0.25, -0.2) is 8.42 Å². The van der Waals surface area contributed by atoms with Gasteiger partial charge in [-0.2, -0.15) is 9.57 Å². The number of carbonyl (C=O) groups excluding carboxylic acids is 1. The molecule has 0 amide bonds. The summed E-state index contributed by atoms with van der Waals surface area (Å²) in [4.78, 5) is 12.7. The lowest BCUT2D eigenvalue weighted by Crippen LogP contribution is -2.41. The number of rotatable bonds is 4. The van der Waals surface area contributed by atoms with E-state index in [0.717, 1.165) is 11.1 Å². The average Bonchev–Trinajstić information content (AvgIpc) is 2.68. The van der Waals surface area contributed by atoms with Crippen molar-refractivity contribution < 1.29 is 17.9 Å². The van der Waals surface area contributed by atoms with E-state index in [-0.39, 0.29) is 25.0 Å². The van der Waals surface area contributed by atoms with Gasteiger partial charge < -0.3 is 4.74 Å². The molecule has 0 bridgehead atoms. The van der Waals surface area contributed by atoms with Gasteiger partial charge >= 0.3 is 5.97 Å². The van der Waals surface area contributed by atoms with E-state index in [1.807, 2.05) is 19.1 Å². The van der Waals surface area contributed by atoms with Crippen LogP contribution in [0.4, 0.5) is 0 Å². The number of hydrogen-bond donors (Lipinski definition) is 0. The van der Waals surface area contributed by atoms with Gasteiger partial charge in [-0.15, -0.1) is 0 Å². The molecule has 0 saturated carbocycles. The molecule has 0 atom stereocenters. The summed E-state index contributed by atoms with van der Waals surface area (Å²) in [5.41, 5.74) is 2.23. The third-order valence-electron chi connectivity index (χ3n) is 4.94. The van der Waals surface area contributed by atoms with E-state index in [2.05, 4.69) is 0 Å². The molecule has 146 valence electrons. The highest BCUT2D eigenvalue weighted by atomic mass is 32.2. The van der Waals surface area contributed by atoms with Crippen LogP contribution in [0.1, 0.15) is 29.5 Å². The number of carbonyl (C=O) groups is 1. The predicted octanol–water partition coefficient (Wildman–Crippen LogP) is 3.18. The highest BCUT2D eigenvalue weighted by molar-refractivity contribution is 7.89. The van der Waals surface area contributed by atoms with Gasteiger partial charge in [0.05, 0.1) is 22.4 Å². The summed E-state index contributed by atoms with van der Waals surface area (Å²) >= 11 is 0. The van der Waals surface area contributed by atoms with Crippen molar-refractivity contribution in [3.05, 3.63) is 59.2 Å². The maximum atomic E-state index is 12.9. The normalized spacial score (nSPS) is 15.8. The van der Waals surface area contributed by atoms with E-state index in [0.29, 0.717) is 29.1 Å². The molecule has 28 heavy (non-hydrogen) atoms. The predicted molar refractivity (Wildman–Crippen MR) is 104 cm³/mol. The Balaban J connectivity index is 1.63. The highest BCUT2D eigenvalue weighted by Crippen LogP contribution is 2.27. The molecule has 7 heteroatoms. The molecule has 0 spiro atoms. The molecule has 1 aliphatic rings. The van der Waals surface area contributed by atoms with Gasteiger partial charge in [0, 0.05) is 13.1 Å². The highest BCUT2D eigenvalue weighted by Gasteiger charge is 2.33. The van der Waals surface area contributed by atoms with Gasteiger partial charge in [0.1, 0.15) is 5.75 Å². The summed E-state index contributed by atoms with van der Waals surface area (Å²) in [5, 5.41) is 8.81. The van der Waals surface area contributed by atoms with Crippen LogP contribution in [0.15, 0.2) is 47.4 Å². The van der Waals surface area contributed by atoms with Crippen LogP contribution in [0.25, 0.3) is 0 Å². The molecule has 1 aliphatic heterocycles. The maximum Gasteiger partial charge on any atom is 0.314 e. The van der Waals surface area contributed by atoms with Crippen LogP contribution >= 0.6 is 0 Å². The maximum absolute atomic E-state index is 12.9. The van der Waals surface area contributed by atoms with Crippen LogP contribution in [0.2, 0.25) is 0 Å². The first-order valence-corrected chi connectivity index (χ1v) is 10.5. The van der Waals surface area contributed by atoms with Gasteiger partial charge in [-0.3, -0.25) is 4.79 Å². The fourth-order valence-corrected chi connectivity index (χ4v) is 5.03. The Morgan fingerprint density at radius 2 is 1.75 bits per heavy atom. The first kappa shape index (κ1) is 20.1. The quantitative estimate of drug-likeness (QED) is 0.583. The second-order valence-corrected chi connectivity index (χ2v) is 8.91. The molecule has 1 heterocycles. The minimum absolute atomic E-state index is 0.281. The van der Waals surface area contributed by atoms with Crippen molar-refractivity contribution in [3.63, 3.8) is 0 Å². The number of ether oxygens (including phenoxy) is 1. The number of benzene rings is 2. The van der Waals surface area contributed by atoms with Crippen molar-refractivity contribution >= 4 is 16.0 Å². The molecule has 0 N–H and O–H groups in total. The van der Waals surface area contributed by atoms with Gasteiger partial charge in [0.15, 0.2) is 0 Å². The molecule has 0 unspecified atom stereocenters. The minimum atomic E-state index is -3.57. The number of nitrogens with zero attached hydrogens (tertiary/aromatic N) is 2. The lowest BCUT2D eigenvalue weighted by molar-refractivity contribution is -0.140. The van der Waals surface area contributed by atoms with Crippen LogP contribution < -0.4 is 4.74 Å². The van der Waals surface area contributed by atoms with Crippen molar-refractivity contribution in [3.8, 4) is 11.8 Å². The zero-order valence-electron chi connectivity index (χ0n) is 15.9. The number of hydrogen-bond acceptors (Lipinski definition) is 5. The number of nitriles is 1. The zero-order valence-corrected chi connectivity index (χ0v) is 16.7. The van der Waals surface area contributed by atoms with Gasteiger partial charge in [0.25, 0.3) is 0 Å². The molecule has 1 saturated heterocycles. The summed E-state index contributed by atoms with van der Waals surface area (Å²) in [6, 6.07) is 13.6. The second kappa shape index (κ2) is 8.13. The molecule has 2 aromatic rings. The Morgan fingerprint density at radius 1 is 1.11 bits per heavy atom. The van der Waals surface area contributed by atoms with E-state index in [9.17, 15) is 13.2 Å². The van der Waals surface area contributed by atoms with E-state index in [4.69, 9.17) is 10.00 Å².